The molecule has 0 radical (unpaired) electrons. The van der Waals surface area contributed by atoms with Crippen molar-refractivity contribution < 1.29 is 27.5 Å². The Balaban J connectivity index is 1.94. The SMILES string of the molecule is CCOc1ccc(OC(C)C(=O)NNC(=O)c2cccc(S(=O)(=O)NC(C)C)c2)cc1. The maximum Gasteiger partial charge on any atom is 0.279 e. The maximum absolute atomic E-state index is 12.3. The Kier molecular flexibility index (Phi) is 8.40. The molecular formula is C21H27N3O6S. The van der Waals surface area contributed by atoms with Crippen molar-refractivity contribution in [1.82, 2.24) is 15.6 Å². The zero-order valence-electron chi connectivity index (χ0n) is 17.8. The van der Waals surface area contributed by atoms with Gasteiger partial charge in [-0.05, 0) is 70.2 Å². The summed E-state index contributed by atoms with van der Waals surface area (Å²) in [6, 6.07) is 12.0. The number of carbonyl (C=O) groups is 2. The van der Waals surface area contributed by atoms with E-state index in [4.69, 9.17) is 9.47 Å². The van der Waals surface area contributed by atoms with Gasteiger partial charge in [0.05, 0.1) is 11.5 Å². The van der Waals surface area contributed by atoms with Crippen LogP contribution in [0.3, 0.4) is 0 Å². The Morgan fingerprint density at radius 3 is 2.23 bits per heavy atom. The standard InChI is InChI=1S/C21H27N3O6S/c1-5-29-17-9-11-18(12-10-17)30-15(4)20(25)22-23-21(26)16-7-6-8-19(13-16)31(27,28)24-14(2)3/h6-15,24H,5H2,1-4H3,(H,22,25)(H,23,26). The van der Waals surface area contributed by atoms with Crippen LogP contribution in [-0.2, 0) is 14.8 Å². The number of rotatable bonds is 9. The molecule has 2 rings (SSSR count). The lowest BCUT2D eigenvalue weighted by Gasteiger charge is -2.16. The first-order valence-corrected chi connectivity index (χ1v) is 11.2. The van der Waals surface area contributed by atoms with Gasteiger partial charge >= 0.3 is 0 Å². The molecule has 3 N–H and O–H groups in total. The van der Waals surface area contributed by atoms with Crippen molar-refractivity contribution in [3.05, 3.63) is 54.1 Å². The van der Waals surface area contributed by atoms with Crippen LogP contribution in [0.15, 0.2) is 53.4 Å². The number of ether oxygens (including phenoxy) is 2. The number of hydrogen-bond acceptors (Lipinski definition) is 6. The fourth-order valence-electron chi connectivity index (χ4n) is 2.51. The summed E-state index contributed by atoms with van der Waals surface area (Å²) in [4.78, 5) is 24.5. The van der Waals surface area contributed by atoms with Gasteiger partial charge in [0.1, 0.15) is 11.5 Å². The topological polar surface area (TPSA) is 123 Å². The minimum atomic E-state index is -3.75. The molecule has 2 amide bonds. The van der Waals surface area contributed by atoms with Crippen LogP contribution >= 0.6 is 0 Å². The molecule has 0 aliphatic rings. The fourth-order valence-corrected chi connectivity index (χ4v) is 3.81. The van der Waals surface area contributed by atoms with Crippen LogP contribution in [-0.4, -0.2) is 39.0 Å². The minimum absolute atomic E-state index is 0.0487. The molecule has 0 aromatic heterocycles. The molecule has 1 unspecified atom stereocenters. The van der Waals surface area contributed by atoms with E-state index < -0.39 is 27.9 Å². The van der Waals surface area contributed by atoms with E-state index in [1.165, 1.54) is 31.2 Å². The molecule has 0 heterocycles. The highest BCUT2D eigenvalue weighted by atomic mass is 32.2. The van der Waals surface area contributed by atoms with Gasteiger partial charge < -0.3 is 9.47 Å². The Labute approximate surface area is 182 Å². The second-order valence-electron chi connectivity index (χ2n) is 6.91. The van der Waals surface area contributed by atoms with Crippen LogP contribution in [0.2, 0.25) is 0 Å². The first-order valence-electron chi connectivity index (χ1n) is 9.74. The molecule has 0 fully saturated rings. The van der Waals surface area contributed by atoms with Crippen LogP contribution in [0, 0.1) is 0 Å². The molecule has 0 saturated heterocycles. The Morgan fingerprint density at radius 2 is 1.61 bits per heavy atom. The van der Waals surface area contributed by atoms with Gasteiger partial charge in [0.15, 0.2) is 6.10 Å². The van der Waals surface area contributed by atoms with Crippen molar-refractivity contribution in [2.24, 2.45) is 0 Å². The molecule has 31 heavy (non-hydrogen) atoms. The highest BCUT2D eigenvalue weighted by molar-refractivity contribution is 7.89. The molecule has 9 nitrogen and oxygen atoms in total. The minimum Gasteiger partial charge on any atom is -0.494 e. The predicted octanol–water partition coefficient (Wildman–Crippen LogP) is 2.00. The van der Waals surface area contributed by atoms with Crippen molar-refractivity contribution in [1.29, 1.82) is 0 Å². The molecule has 2 aromatic rings. The number of hydrazine groups is 1. The number of carbonyl (C=O) groups excluding carboxylic acids is 2. The quantitative estimate of drug-likeness (QED) is 0.503. The third-order valence-corrected chi connectivity index (χ3v) is 5.57. The van der Waals surface area contributed by atoms with Gasteiger partial charge in [-0.15, -0.1) is 0 Å². The van der Waals surface area contributed by atoms with E-state index in [-0.39, 0.29) is 16.5 Å². The van der Waals surface area contributed by atoms with Gasteiger partial charge in [-0.2, -0.15) is 0 Å². The predicted molar refractivity (Wildman–Crippen MR) is 115 cm³/mol. The van der Waals surface area contributed by atoms with E-state index in [2.05, 4.69) is 15.6 Å². The van der Waals surface area contributed by atoms with E-state index in [1.54, 1.807) is 38.1 Å². The summed E-state index contributed by atoms with van der Waals surface area (Å²) in [7, 11) is -3.75. The van der Waals surface area contributed by atoms with Crippen molar-refractivity contribution in [2.45, 2.75) is 44.7 Å². The molecule has 1 atom stereocenters. The van der Waals surface area contributed by atoms with Crippen LogP contribution in [0.5, 0.6) is 11.5 Å². The summed E-state index contributed by atoms with van der Waals surface area (Å²) in [5, 5.41) is 0. The number of benzene rings is 2. The Hall–Kier alpha value is -3.11. The summed E-state index contributed by atoms with van der Waals surface area (Å²) in [6.45, 7) is 7.34. The number of sulfonamides is 1. The van der Waals surface area contributed by atoms with Gasteiger partial charge in [-0.3, -0.25) is 20.4 Å². The van der Waals surface area contributed by atoms with Gasteiger partial charge in [-0.1, -0.05) is 6.07 Å². The van der Waals surface area contributed by atoms with Crippen LogP contribution in [0.1, 0.15) is 38.1 Å². The summed E-state index contributed by atoms with van der Waals surface area (Å²) in [5.74, 6) is -0.0873. The summed E-state index contributed by atoms with van der Waals surface area (Å²) < 4.78 is 37.9. The molecule has 0 aliphatic heterocycles. The van der Waals surface area contributed by atoms with Crippen molar-refractivity contribution in [3.8, 4) is 11.5 Å². The lowest BCUT2D eigenvalue weighted by atomic mass is 10.2. The normalized spacial score (nSPS) is 12.2. The largest absolute Gasteiger partial charge is 0.494 e. The first kappa shape index (κ1) is 24.2. The highest BCUT2D eigenvalue weighted by Crippen LogP contribution is 2.18. The van der Waals surface area contributed by atoms with Crippen molar-refractivity contribution in [3.63, 3.8) is 0 Å². The third kappa shape index (κ3) is 7.26. The van der Waals surface area contributed by atoms with Gasteiger partial charge in [0.2, 0.25) is 10.0 Å². The third-order valence-electron chi connectivity index (χ3n) is 3.91. The number of amides is 2. The Bertz CT molecular complexity index is 1010. The van der Waals surface area contributed by atoms with E-state index in [0.717, 1.165) is 0 Å². The van der Waals surface area contributed by atoms with Crippen LogP contribution < -0.4 is 25.0 Å². The molecule has 0 saturated carbocycles. The monoisotopic (exact) mass is 449 g/mol. The molecule has 0 aliphatic carbocycles. The molecule has 168 valence electrons. The van der Waals surface area contributed by atoms with Crippen molar-refractivity contribution >= 4 is 21.8 Å². The van der Waals surface area contributed by atoms with E-state index >= 15 is 0 Å². The van der Waals surface area contributed by atoms with Gasteiger partial charge in [-0.25, -0.2) is 13.1 Å². The fraction of sp³-hybridized carbons (Fsp3) is 0.333. The second kappa shape index (κ2) is 10.8. The van der Waals surface area contributed by atoms with Gasteiger partial charge in [0, 0.05) is 11.6 Å². The molecule has 0 spiro atoms. The second-order valence-corrected chi connectivity index (χ2v) is 8.63. The molecule has 10 heteroatoms. The average molecular weight is 450 g/mol. The summed E-state index contributed by atoms with van der Waals surface area (Å²) in [5.41, 5.74) is 4.60. The van der Waals surface area contributed by atoms with Crippen LogP contribution in [0.25, 0.3) is 0 Å². The number of hydrogen-bond donors (Lipinski definition) is 3. The number of nitrogens with one attached hydrogen (secondary N) is 3. The van der Waals surface area contributed by atoms with Crippen molar-refractivity contribution in [2.75, 3.05) is 6.61 Å². The maximum atomic E-state index is 12.3. The average Bonchev–Trinajstić information content (AvgIpc) is 2.72. The zero-order valence-corrected chi connectivity index (χ0v) is 18.7. The van der Waals surface area contributed by atoms with E-state index in [0.29, 0.717) is 18.1 Å². The highest BCUT2D eigenvalue weighted by Gasteiger charge is 2.19. The summed E-state index contributed by atoms with van der Waals surface area (Å²) in [6.07, 6.45) is -0.889. The molecule has 0 bridgehead atoms. The van der Waals surface area contributed by atoms with E-state index in [1.807, 2.05) is 6.92 Å². The Morgan fingerprint density at radius 1 is 0.968 bits per heavy atom. The van der Waals surface area contributed by atoms with Crippen LogP contribution in [0.4, 0.5) is 0 Å². The molecular weight excluding hydrogens is 422 g/mol. The molecule has 2 aromatic carbocycles. The zero-order chi connectivity index (χ0) is 23.0. The lowest BCUT2D eigenvalue weighted by Crippen LogP contribution is -2.47. The first-order chi connectivity index (χ1) is 14.6. The van der Waals surface area contributed by atoms with Gasteiger partial charge in [0.25, 0.3) is 11.8 Å². The van der Waals surface area contributed by atoms with E-state index in [9.17, 15) is 18.0 Å². The lowest BCUT2D eigenvalue weighted by molar-refractivity contribution is -0.128. The summed E-state index contributed by atoms with van der Waals surface area (Å²) >= 11 is 0. The smallest absolute Gasteiger partial charge is 0.279 e.